The second-order valence-electron chi connectivity index (χ2n) is 8.25. The van der Waals surface area contributed by atoms with E-state index >= 15 is 0 Å². The number of rotatable bonds is 7. The Morgan fingerprint density at radius 2 is 1.94 bits per heavy atom. The highest BCUT2D eigenvalue weighted by Gasteiger charge is 2.34. The summed E-state index contributed by atoms with van der Waals surface area (Å²) < 4.78 is 25.7. The Kier molecular flexibility index (Phi) is 6.90. The minimum atomic E-state index is -3.02. The molecule has 4 rings (SSSR count). The molecule has 1 aromatic carbocycles. The fourth-order valence-electron chi connectivity index (χ4n) is 4.28. The van der Waals surface area contributed by atoms with Crippen molar-refractivity contribution in [3.63, 3.8) is 0 Å². The second-order valence-corrected chi connectivity index (χ2v) is 11.8. The van der Waals surface area contributed by atoms with Gasteiger partial charge in [0.15, 0.2) is 15.0 Å². The van der Waals surface area contributed by atoms with Gasteiger partial charge in [0, 0.05) is 44.3 Å². The Balaban J connectivity index is 1.40. The number of thioether (sulfide) groups is 1. The third-order valence-corrected chi connectivity index (χ3v) is 8.83. The first-order valence-corrected chi connectivity index (χ1v) is 13.6. The van der Waals surface area contributed by atoms with Gasteiger partial charge in [-0.1, -0.05) is 36.0 Å². The van der Waals surface area contributed by atoms with Gasteiger partial charge in [0.1, 0.15) is 5.82 Å². The SMILES string of the molecule is C=CCn1c(SC(C)C(=O)N2CCN(c3ccccc3)CC2)nnc1C1CCS(=O)(=O)C1. The molecule has 1 amide bonds. The summed E-state index contributed by atoms with van der Waals surface area (Å²) in [5.74, 6) is 0.891. The van der Waals surface area contributed by atoms with E-state index in [1.807, 2.05) is 34.6 Å². The largest absolute Gasteiger partial charge is 0.368 e. The molecule has 0 aliphatic carbocycles. The van der Waals surface area contributed by atoms with Crippen molar-refractivity contribution in [2.24, 2.45) is 0 Å². The number of sulfone groups is 1. The fraction of sp³-hybridized carbons (Fsp3) is 0.500. The van der Waals surface area contributed by atoms with Crippen molar-refractivity contribution in [1.82, 2.24) is 19.7 Å². The van der Waals surface area contributed by atoms with Crippen molar-refractivity contribution in [2.45, 2.75) is 36.2 Å². The van der Waals surface area contributed by atoms with E-state index in [1.54, 1.807) is 6.08 Å². The van der Waals surface area contributed by atoms with Crippen LogP contribution >= 0.6 is 11.8 Å². The van der Waals surface area contributed by atoms with Crippen LogP contribution < -0.4 is 4.90 Å². The number of nitrogens with zero attached hydrogens (tertiary/aromatic N) is 5. The Morgan fingerprint density at radius 1 is 1.22 bits per heavy atom. The van der Waals surface area contributed by atoms with Crippen LogP contribution in [0.4, 0.5) is 5.69 Å². The molecular formula is C22H29N5O3S2. The molecule has 2 aliphatic heterocycles. The van der Waals surface area contributed by atoms with Crippen LogP contribution in [0.2, 0.25) is 0 Å². The third-order valence-electron chi connectivity index (χ3n) is 6.00. The van der Waals surface area contributed by atoms with Crippen LogP contribution in [-0.4, -0.2) is 76.9 Å². The number of benzene rings is 1. The van der Waals surface area contributed by atoms with Crippen LogP contribution in [0.3, 0.4) is 0 Å². The molecule has 2 aliphatic rings. The summed E-state index contributed by atoms with van der Waals surface area (Å²) in [6.45, 7) is 9.16. The van der Waals surface area contributed by atoms with Crippen LogP contribution in [0.5, 0.6) is 0 Å². The van der Waals surface area contributed by atoms with Crippen LogP contribution in [-0.2, 0) is 21.2 Å². The molecule has 2 saturated heterocycles. The maximum atomic E-state index is 13.1. The molecule has 10 heteroatoms. The summed E-state index contributed by atoms with van der Waals surface area (Å²) in [4.78, 5) is 17.3. The minimum Gasteiger partial charge on any atom is -0.368 e. The van der Waals surface area contributed by atoms with Crippen molar-refractivity contribution in [1.29, 1.82) is 0 Å². The fourth-order valence-corrected chi connectivity index (χ4v) is 6.97. The summed E-state index contributed by atoms with van der Waals surface area (Å²) in [5, 5.41) is 8.92. The highest BCUT2D eigenvalue weighted by atomic mass is 32.2. The maximum Gasteiger partial charge on any atom is 0.236 e. The van der Waals surface area contributed by atoms with E-state index in [0.717, 1.165) is 13.1 Å². The number of amides is 1. The summed E-state index contributed by atoms with van der Waals surface area (Å²) in [7, 11) is -3.02. The molecule has 0 saturated carbocycles. The lowest BCUT2D eigenvalue weighted by molar-refractivity contribution is -0.130. The molecule has 3 heterocycles. The molecule has 8 nitrogen and oxygen atoms in total. The molecule has 2 atom stereocenters. The first kappa shape index (κ1) is 22.8. The van der Waals surface area contributed by atoms with Gasteiger partial charge in [0.05, 0.1) is 16.8 Å². The van der Waals surface area contributed by atoms with Crippen LogP contribution in [0, 0.1) is 0 Å². The normalized spacial score (nSPS) is 21.5. The van der Waals surface area contributed by atoms with Crippen molar-refractivity contribution in [2.75, 3.05) is 42.6 Å². The molecule has 172 valence electrons. The van der Waals surface area contributed by atoms with Crippen molar-refractivity contribution < 1.29 is 13.2 Å². The van der Waals surface area contributed by atoms with E-state index in [4.69, 9.17) is 0 Å². The molecule has 0 bridgehead atoms. The summed E-state index contributed by atoms with van der Waals surface area (Å²) in [6, 6.07) is 10.2. The van der Waals surface area contributed by atoms with E-state index < -0.39 is 9.84 Å². The van der Waals surface area contributed by atoms with Crippen LogP contribution in [0.25, 0.3) is 0 Å². The number of para-hydroxylation sites is 1. The number of piperazine rings is 1. The van der Waals surface area contributed by atoms with Gasteiger partial charge in [-0.3, -0.25) is 4.79 Å². The summed E-state index contributed by atoms with van der Waals surface area (Å²) in [6.07, 6.45) is 2.30. The van der Waals surface area contributed by atoms with Gasteiger partial charge in [0.25, 0.3) is 0 Å². The number of hydrogen-bond acceptors (Lipinski definition) is 7. The third kappa shape index (κ3) is 5.01. The predicted octanol–water partition coefficient (Wildman–Crippen LogP) is 2.20. The zero-order valence-electron chi connectivity index (χ0n) is 18.3. The predicted molar refractivity (Wildman–Crippen MR) is 127 cm³/mol. The molecule has 32 heavy (non-hydrogen) atoms. The number of aromatic nitrogens is 3. The Labute approximate surface area is 193 Å². The van der Waals surface area contributed by atoms with E-state index in [0.29, 0.717) is 37.0 Å². The zero-order valence-corrected chi connectivity index (χ0v) is 19.9. The van der Waals surface area contributed by atoms with Gasteiger partial charge in [0.2, 0.25) is 5.91 Å². The van der Waals surface area contributed by atoms with Gasteiger partial charge in [-0.2, -0.15) is 0 Å². The molecule has 2 aromatic rings. The van der Waals surface area contributed by atoms with Gasteiger partial charge in [-0.15, -0.1) is 16.8 Å². The molecule has 0 spiro atoms. The first-order valence-electron chi connectivity index (χ1n) is 10.9. The molecule has 2 unspecified atom stereocenters. The summed E-state index contributed by atoms with van der Waals surface area (Å²) >= 11 is 1.38. The zero-order chi connectivity index (χ0) is 22.7. The van der Waals surface area contributed by atoms with Gasteiger partial charge < -0.3 is 14.4 Å². The van der Waals surface area contributed by atoms with Crippen molar-refractivity contribution in [3.05, 3.63) is 48.8 Å². The quantitative estimate of drug-likeness (QED) is 0.448. The van der Waals surface area contributed by atoms with Crippen molar-refractivity contribution in [3.8, 4) is 0 Å². The number of anilines is 1. The van der Waals surface area contributed by atoms with E-state index in [2.05, 4.69) is 33.8 Å². The van der Waals surface area contributed by atoms with E-state index in [1.165, 1.54) is 17.4 Å². The Morgan fingerprint density at radius 3 is 2.56 bits per heavy atom. The van der Waals surface area contributed by atoms with Crippen LogP contribution in [0.15, 0.2) is 48.1 Å². The monoisotopic (exact) mass is 475 g/mol. The lowest BCUT2D eigenvalue weighted by Gasteiger charge is -2.37. The second kappa shape index (κ2) is 9.66. The van der Waals surface area contributed by atoms with Crippen molar-refractivity contribution >= 4 is 33.2 Å². The maximum absolute atomic E-state index is 13.1. The molecule has 0 radical (unpaired) electrons. The first-order chi connectivity index (χ1) is 15.4. The minimum absolute atomic E-state index is 0.0841. The standard InChI is InChI=1S/C22H29N5O3S2/c1-3-10-27-20(18-9-15-32(29,30)16-18)23-24-22(27)31-17(2)21(28)26-13-11-25(12-14-26)19-7-5-4-6-8-19/h3-8,17-18H,1,9-16H2,2H3. The molecular weight excluding hydrogens is 446 g/mol. The topological polar surface area (TPSA) is 88.4 Å². The Hall–Kier alpha value is -2.33. The van der Waals surface area contributed by atoms with Crippen LogP contribution in [0.1, 0.15) is 25.1 Å². The number of allylic oxidation sites excluding steroid dienone is 1. The lowest BCUT2D eigenvalue weighted by atomic mass is 10.1. The molecule has 1 aromatic heterocycles. The molecule has 0 N–H and O–H groups in total. The lowest BCUT2D eigenvalue weighted by Crippen LogP contribution is -2.50. The number of hydrogen-bond donors (Lipinski definition) is 0. The average Bonchev–Trinajstić information content (AvgIpc) is 3.36. The average molecular weight is 476 g/mol. The van der Waals surface area contributed by atoms with E-state index in [9.17, 15) is 13.2 Å². The van der Waals surface area contributed by atoms with Gasteiger partial charge in [-0.25, -0.2) is 8.42 Å². The van der Waals surface area contributed by atoms with Gasteiger partial charge >= 0.3 is 0 Å². The number of carbonyl (C=O) groups excluding carboxylic acids is 1. The number of carbonyl (C=O) groups is 1. The highest BCUT2D eigenvalue weighted by molar-refractivity contribution is 8.00. The summed E-state index contributed by atoms with van der Waals surface area (Å²) in [5.41, 5.74) is 1.18. The molecule has 2 fully saturated rings. The smallest absolute Gasteiger partial charge is 0.236 e. The Bertz CT molecular complexity index is 1060. The van der Waals surface area contributed by atoms with Gasteiger partial charge in [-0.05, 0) is 25.5 Å². The highest BCUT2D eigenvalue weighted by Crippen LogP contribution is 2.31. The van der Waals surface area contributed by atoms with E-state index in [-0.39, 0.29) is 28.6 Å².